The third-order valence-corrected chi connectivity index (χ3v) is 4.82. The number of hydrogen-bond acceptors (Lipinski definition) is 4. The van der Waals surface area contributed by atoms with E-state index in [1.165, 1.54) is 12.1 Å². The maximum atomic E-state index is 13.9. The van der Waals surface area contributed by atoms with Gasteiger partial charge in [-0.2, -0.15) is 18.3 Å². The normalized spacial score (nSPS) is 11.8. The van der Waals surface area contributed by atoms with Gasteiger partial charge in [-0.15, -0.1) is 0 Å². The summed E-state index contributed by atoms with van der Waals surface area (Å²) >= 11 is 5.81. The first-order valence-electron chi connectivity index (χ1n) is 9.50. The summed E-state index contributed by atoms with van der Waals surface area (Å²) in [5.74, 6) is -1.85. The van der Waals surface area contributed by atoms with E-state index in [-0.39, 0.29) is 17.0 Å². The Morgan fingerprint density at radius 2 is 1.76 bits per heavy atom. The minimum Gasteiger partial charge on any atom is -0.456 e. The molecule has 33 heavy (non-hydrogen) atoms. The number of halogens is 5. The number of H-pyrrole nitrogens is 1. The lowest BCUT2D eigenvalue weighted by atomic mass is 9.40. The van der Waals surface area contributed by atoms with Crippen LogP contribution in [0.4, 0.5) is 23.2 Å². The van der Waals surface area contributed by atoms with Crippen molar-refractivity contribution in [2.45, 2.75) is 11.3 Å². The predicted molar refractivity (Wildman–Crippen MR) is 123 cm³/mol. The number of rotatable bonds is 5. The monoisotopic (exact) mass is 477 g/mol. The van der Waals surface area contributed by atoms with Gasteiger partial charge in [-0.25, -0.2) is 9.49 Å². The molecular formula is C19H15B3ClF4N3O3. The van der Waals surface area contributed by atoms with Crippen LogP contribution in [0.3, 0.4) is 0 Å². The highest BCUT2D eigenvalue weighted by atomic mass is 35.5. The van der Waals surface area contributed by atoms with E-state index in [1.54, 1.807) is 23.5 Å². The Morgan fingerprint density at radius 1 is 1.06 bits per heavy atom. The molecule has 2 aromatic carbocycles. The van der Waals surface area contributed by atoms with E-state index in [2.05, 4.69) is 15.5 Å². The molecule has 0 saturated carbocycles. The molecule has 1 aromatic heterocycles. The topological polar surface area (TPSA) is 84.1 Å². The van der Waals surface area contributed by atoms with Gasteiger partial charge in [0.05, 0.1) is 51.6 Å². The van der Waals surface area contributed by atoms with Crippen molar-refractivity contribution in [2.75, 3.05) is 5.32 Å². The fraction of sp³-hybridized carbons (Fsp3) is 0.105. The molecule has 1 heterocycles. The van der Waals surface area contributed by atoms with Gasteiger partial charge in [0.25, 0.3) is 11.5 Å². The molecule has 0 unspecified atom stereocenters. The number of alkyl halides is 3. The highest BCUT2D eigenvalue weighted by Gasteiger charge is 2.35. The standard InChI is InChI=1S/C19H15B3ClF4N3O3/c20-18(21,22)12-3-8(24)1-2-14(12)33-15-6-11(19(25,26)27)13(23)5-10(15)17(32)29-9-4-16(31)30-28-7-9/h1-7H,20-22H2,(H2,29,30,31,32). The van der Waals surface area contributed by atoms with Crippen LogP contribution in [0.1, 0.15) is 21.5 Å². The Kier molecular flexibility index (Phi) is 6.64. The molecule has 0 bridgehead atoms. The Bertz CT molecular complexity index is 1280. The van der Waals surface area contributed by atoms with E-state index >= 15 is 0 Å². The first-order valence-corrected chi connectivity index (χ1v) is 9.88. The van der Waals surface area contributed by atoms with Gasteiger partial charge in [0.15, 0.2) is 0 Å². The number of benzene rings is 2. The van der Waals surface area contributed by atoms with Crippen LogP contribution in [-0.4, -0.2) is 39.6 Å². The summed E-state index contributed by atoms with van der Waals surface area (Å²) in [7, 11) is 5.31. The maximum Gasteiger partial charge on any atom is 0.417 e. The average molecular weight is 477 g/mol. The third kappa shape index (κ3) is 5.78. The third-order valence-electron chi connectivity index (χ3n) is 4.51. The number of carbonyl (C=O) groups excluding carboxylic acids is 1. The molecular weight excluding hydrogens is 462 g/mol. The summed E-state index contributed by atoms with van der Waals surface area (Å²) in [6.07, 6.45) is -3.68. The second kappa shape index (κ2) is 8.97. The van der Waals surface area contributed by atoms with Gasteiger partial charge in [0.1, 0.15) is 17.3 Å². The molecule has 0 saturated heterocycles. The van der Waals surface area contributed by atoms with Crippen LogP contribution in [0.5, 0.6) is 11.5 Å². The lowest BCUT2D eigenvalue weighted by molar-refractivity contribution is -0.137. The number of carbonyl (C=O) groups is 1. The van der Waals surface area contributed by atoms with Crippen molar-refractivity contribution in [1.29, 1.82) is 0 Å². The summed E-state index contributed by atoms with van der Waals surface area (Å²) in [5.41, 5.74) is -1.78. The lowest BCUT2D eigenvalue weighted by Gasteiger charge is -2.24. The second-order valence-corrected chi connectivity index (χ2v) is 8.51. The molecule has 6 nitrogen and oxygen atoms in total. The Balaban J connectivity index is 2.13. The first-order chi connectivity index (χ1) is 15.3. The average Bonchev–Trinajstić information content (AvgIpc) is 2.68. The van der Waals surface area contributed by atoms with Gasteiger partial charge in [0.2, 0.25) is 0 Å². The second-order valence-electron chi connectivity index (χ2n) is 8.11. The molecule has 3 rings (SSSR count). The minimum absolute atomic E-state index is 0.00267. The van der Waals surface area contributed by atoms with Gasteiger partial charge in [-0.3, -0.25) is 9.59 Å². The number of aromatic nitrogens is 2. The lowest BCUT2D eigenvalue weighted by Crippen LogP contribution is -2.27. The molecule has 3 aromatic rings. The number of ether oxygens (including phenoxy) is 1. The van der Waals surface area contributed by atoms with Crippen LogP contribution in [0.2, 0.25) is 5.02 Å². The number of amides is 1. The maximum absolute atomic E-state index is 13.9. The number of aromatic amines is 1. The number of nitrogens with one attached hydrogen (secondary N) is 2. The van der Waals surface area contributed by atoms with Crippen molar-refractivity contribution >= 4 is 46.7 Å². The Morgan fingerprint density at radius 3 is 2.36 bits per heavy atom. The van der Waals surface area contributed by atoms with Gasteiger partial charge in [0, 0.05) is 6.07 Å². The van der Waals surface area contributed by atoms with Gasteiger partial charge < -0.3 is 10.1 Å². The van der Waals surface area contributed by atoms with E-state index in [0.29, 0.717) is 11.6 Å². The molecule has 14 heteroatoms. The zero-order valence-corrected chi connectivity index (χ0v) is 18.4. The summed E-state index contributed by atoms with van der Waals surface area (Å²) < 4.78 is 60.0. The van der Waals surface area contributed by atoms with Crippen LogP contribution in [0, 0.1) is 5.82 Å². The fourth-order valence-corrected chi connectivity index (χ4v) is 3.24. The zero-order chi connectivity index (χ0) is 24.6. The van der Waals surface area contributed by atoms with Crippen LogP contribution in [-0.2, 0) is 11.3 Å². The molecule has 0 fully saturated rings. The number of anilines is 1. The highest BCUT2D eigenvalue weighted by Crippen LogP contribution is 2.41. The molecule has 0 aliphatic rings. The molecule has 0 atom stereocenters. The predicted octanol–water partition coefficient (Wildman–Crippen LogP) is 1.64. The molecule has 0 spiro atoms. The van der Waals surface area contributed by atoms with Crippen molar-refractivity contribution < 1.29 is 27.1 Å². The van der Waals surface area contributed by atoms with Crippen LogP contribution >= 0.6 is 11.6 Å². The van der Waals surface area contributed by atoms with Crippen molar-refractivity contribution in [2.24, 2.45) is 0 Å². The van der Waals surface area contributed by atoms with Crippen molar-refractivity contribution in [3.63, 3.8) is 0 Å². The SMILES string of the molecule is BC(B)(B)c1cc(F)ccc1Oc1cc(C(F)(F)F)c(Cl)cc1C(=O)Nc1cn[nH]c(=O)c1. The van der Waals surface area contributed by atoms with Crippen molar-refractivity contribution in [1.82, 2.24) is 10.2 Å². The largest absolute Gasteiger partial charge is 0.456 e. The van der Waals surface area contributed by atoms with E-state index in [4.69, 9.17) is 16.3 Å². The Hall–Kier alpha value is -3.21. The van der Waals surface area contributed by atoms with Crippen LogP contribution in [0.25, 0.3) is 0 Å². The van der Waals surface area contributed by atoms with E-state index < -0.39 is 44.9 Å². The van der Waals surface area contributed by atoms with Crippen LogP contribution < -0.4 is 15.6 Å². The van der Waals surface area contributed by atoms with Gasteiger partial charge >= 0.3 is 6.18 Å². The summed E-state index contributed by atoms with van der Waals surface area (Å²) in [6, 6.07) is 6.01. The minimum atomic E-state index is -4.82. The molecule has 0 radical (unpaired) electrons. The fourth-order valence-electron chi connectivity index (χ4n) is 2.97. The van der Waals surface area contributed by atoms with E-state index in [0.717, 1.165) is 24.4 Å². The molecule has 0 aliphatic carbocycles. The number of hydrogen-bond donors (Lipinski definition) is 2. The summed E-state index contributed by atoms with van der Waals surface area (Å²) in [5, 5.41) is 6.68. The first kappa shape index (κ1) is 24.4. The molecule has 168 valence electrons. The van der Waals surface area contributed by atoms with Gasteiger partial charge in [-0.1, -0.05) is 16.7 Å². The van der Waals surface area contributed by atoms with Crippen LogP contribution in [0.15, 0.2) is 47.4 Å². The van der Waals surface area contributed by atoms with E-state index in [1.807, 2.05) is 0 Å². The quantitative estimate of drug-likeness (QED) is 0.433. The smallest absolute Gasteiger partial charge is 0.417 e. The zero-order valence-electron chi connectivity index (χ0n) is 17.6. The van der Waals surface area contributed by atoms with E-state index in [9.17, 15) is 27.2 Å². The molecule has 1 amide bonds. The summed E-state index contributed by atoms with van der Waals surface area (Å²) in [4.78, 5) is 24.3. The van der Waals surface area contributed by atoms with Gasteiger partial charge in [-0.05, 0) is 35.9 Å². The number of nitrogens with zero attached hydrogens (tertiary/aromatic N) is 1. The highest BCUT2D eigenvalue weighted by molar-refractivity contribution is 6.59. The van der Waals surface area contributed by atoms with Crippen molar-refractivity contribution in [3.05, 3.63) is 80.5 Å². The van der Waals surface area contributed by atoms with Crippen molar-refractivity contribution in [3.8, 4) is 11.5 Å². The Labute approximate surface area is 192 Å². The molecule has 2 N–H and O–H groups in total. The summed E-state index contributed by atoms with van der Waals surface area (Å²) in [6.45, 7) is 0. The molecule has 0 aliphatic heterocycles.